The van der Waals surface area contributed by atoms with Crippen LogP contribution in [0.1, 0.15) is 42.9 Å². The smallest absolute Gasteiger partial charge is 0.263 e. The summed E-state index contributed by atoms with van der Waals surface area (Å²) >= 11 is 5.92. The molecular weight excluding hydrogens is 346 g/mol. The maximum absolute atomic E-state index is 12.8. The Morgan fingerprint density at radius 3 is 2.50 bits per heavy atom. The SMILES string of the molecule is CC[C@@H](Oc1ccc2c(c1)CCCC2)C(=O)N(C)Cc1ccc(Cl)cc1. The van der Waals surface area contributed by atoms with Crippen molar-refractivity contribution >= 4 is 17.5 Å². The molecule has 0 fully saturated rings. The van der Waals surface area contributed by atoms with Gasteiger partial charge in [0, 0.05) is 18.6 Å². The van der Waals surface area contributed by atoms with E-state index in [0.717, 1.165) is 24.2 Å². The minimum absolute atomic E-state index is 0.000158. The number of fused-ring (bicyclic) bond motifs is 1. The van der Waals surface area contributed by atoms with Gasteiger partial charge in [0.05, 0.1) is 0 Å². The molecule has 0 saturated carbocycles. The van der Waals surface area contributed by atoms with E-state index in [2.05, 4.69) is 12.1 Å². The van der Waals surface area contributed by atoms with Crippen LogP contribution in [0.5, 0.6) is 5.75 Å². The number of rotatable bonds is 6. The monoisotopic (exact) mass is 371 g/mol. The summed E-state index contributed by atoms with van der Waals surface area (Å²) in [6.45, 7) is 2.52. The Bertz CT molecular complexity index is 757. The summed E-state index contributed by atoms with van der Waals surface area (Å²) in [7, 11) is 1.82. The number of benzene rings is 2. The fraction of sp³-hybridized carbons (Fsp3) is 0.409. The number of amides is 1. The highest BCUT2D eigenvalue weighted by Gasteiger charge is 2.23. The van der Waals surface area contributed by atoms with Crippen LogP contribution in [-0.4, -0.2) is 24.0 Å². The van der Waals surface area contributed by atoms with Crippen molar-refractivity contribution in [1.29, 1.82) is 0 Å². The van der Waals surface area contributed by atoms with Crippen LogP contribution in [0.4, 0.5) is 0 Å². The van der Waals surface area contributed by atoms with Gasteiger partial charge in [0.2, 0.25) is 0 Å². The molecule has 26 heavy (non-hydrogen) atoms. The molecule has 0 bridgehead atoms. The summed E-state index contributed by atoms with van der Waals surface area (Å²) < 4.78 is 6.06. The molecular formula is C22H26ClNO2. The second-order valence-electron chi connectivity index (χ2n) is 6.97. The molecule has 1 amide bonds. The molecule has 0 heterocycles. The van der Waals surface area contributed by atoms with Crippen LogP contribution in [0.15, 0.2) is 42.5 Å². The number of nitrogens with zero attached hydrogens (tertiary/aromatic N) is 1. The lowest BCUT2D eigenvalue weighted by atomic mass is 9.92. The fourth-order valence-electron chi connectivity index (χ4n) is 3.44. The van der Waals surface area contributed by atoms with Crippen LogP contribution in [0.2, 0.25) is 5.02 Å². The normalized spacial score (nSPS) is 14.4. The first kappa shape index (κ1) is 18.8. The van der Waals surface area contributed by atoms with E-state index in [1.54, 1.807) is 4.90 Å². The average Bonchev–Trinajstić information content (AvgIpc) is 2.67. The third kappa shape index (κ3) is 4.59. The van der Waals surface area contributed by atoms with Crippen molar-refractivity contribution in [3.8, 4) is 5.75 Å². The Hall–Kier alpha value is -2.00. The standard InChI is InChI=1S/C22H26ClNO2/c1-3-21(22(25)24(2)15-16-8-11-19(23)12-9-16)26-20-13-10-17-6-4-5-7-18(17)14-20/h8-14,21H,3-7,15H2,1-2H3/t21-/m1/s1. The molecule has 1 aliphatic rings. The van der Waals surface area contributed by atoms with Crippen molar-refractivity contribution in [2.75, 3.05) is 7.05 Å². The zero-order chi connectivity index (χ0) is 18.5. The largest absolute Gasteiger partial charge is 0.481 e. The second-order valence-corrected chi connectivity index (χ2v) is 7.41. The molecule has 2 aromatic rings. The Morgan fingerprint density at radius 2 is 1.81 bits per heavy atom. The van der Waals surface area contributed by atoms with E-state index < -0.39 is 6.10 Å². The van der Waals surface area contributed by atoms with Gasteiger partial charge in [-0.2, -0.15) is 0 Å². The molecule has 0 spiro atoms. The zero-order valence-corrected chi connectivity index (χ0v) is 16.3. The number of hydrogen-bond donors (Lipinski definition) is 0. The molecule has 0 unspecified atom stereocenters. The van der Waals surface area contributed by atoms with Gasteiger partial charge in [-0.3, -0.25) is 4.79 Å². The van der Waals surface area contributed by atoms with Crippen LogP contribution in [0.3, 0.4) is 0 Å². The van der Waals surface area contributed by atoms with Crippen molar-refractivity contribution < 1.29 is 9.53 Å². The Morgan fingerprint density at radius 1 is 1.12 bits per heavy atom. The van der Waals surface area contributed by atoms with Gasteiger partial charge in [0.1, 0.15) is 5.75 Å². The van der Waals surface area contributed by atoms with E-state index in [-0.39, 0.29) is 5.91 Å². The molecule has 0 radical (unpaired) electrons. The van der Waals surface area contributed by atoms with E-state index in [1.807, 2.05) is 44.3 Å². The van der Waals surface area contributed by atoms with Gasteiger partial charge in [0.15, 0.2) is 6.10 Å². The quantitative estimate of drug-likeness (QED) is 0.712. The average molecular weight is 372 g/mol. The molecule has 1 atom stereocenters. The maximum Gasteiger partial charge on any atom is 0.263 e. The fourth-order valence-corrected chi connectivity index (χ4v) is 3.57. The van der Waals surface area contributed by atoms with Gasteiger partial charge < -0.3 is 9.64 Å². The highest BCUT2D eigenvalue weighted by atomic mass is 35.5. The molecule has 4 heteroatoms. The van der Waals surface area contributed by atoms with Gasteiger partial charge in [0.25, 0.3) is 5.91 Å². The van der Waals surface area contributed by atoms with Crippen LogP contribution >= 0.6 is 11.6 Å². The summed E-state index contributed by atoms with van der Waals surface area (Å²) in [6, 6.07) is 13.8. The predicted molar refractivity (Wildman–Crippen MR) is 106 cm³/mol. The Balaban J connectivity index is 1.65. The molecule has 2 aromatic carbocycles. The molecule has 138 valence electrons. The highest BCUT2D eigenvalue weighted by molar-refractivity contribution is 6.30. The van der Waals surface area contributed by atoms with E-state index in [4.69, 9.17) is 16.3 Å². The number of carbonyl (C=O) groups is 1. The number of hydrogen-bond acceptors (Lipinski definition) is 2. The first-order valence-electron chi connectivity index (χ1n) is 9.34. The topological polar surface area (TPSA) is 29.5 Å². The highest BCUT2D eigenvalue weighted by Crippen LogP contribution is 2.26. The summed E-state index contributed by atoms with van der Waals surface area (Å²) in [5, 5.41) is 0.699. The van der Waals surface area contributed by atoms with Crippen molar-refractivity contribution in [1.82, 2.24) is 4.90 Å². The molecule has 3 nitrogen and oxygen atoms in total. The van der Waals surface area contributed by atoms with Crippen molar-refractivity contribution in [3.05, 3.63) is 64.2 Å². The summed E-state index contributed by atoms with van der Waals surface area (Å²) in [4.78, 5) is 14.5. The summed E-state index contributed by atoms with van der Waals surface area (Å²) in [5.74, 6) is 0.797. The van der Waals surface area contributed by atoms with E-state index >= 15 is 0 Å². The van der Waals surface area contributed by atoms with Crippen molar-refractivity contribution in [2.24, 2.45) is 0 Å². The van der Waals surface area contributed by atoms with E-state index in [1.165, 1.54) is 24.0 Å². The van der Waals surface area contributed by atoms with Gasteiger partial charge in [-0.25, -0.2) is 0 Å². The van der Waals surface area contributed by atoms with Crippen LogP contribution in [-0.2, 0) is 24.2 Å². The van der Waals surface area contributed by atoms with Crippen LogP contribution < -0.4 is 4.74 Å². The molecule has 0 saturated heterocycles. The molecule has 1 aliphatic carbocycles. The summed E-state index contributed by atoms with van der Waals surface area (Å²) in [6.07, 6.45) is 4.92. The van der Waals surface area contributed by atoms with Gasteiger partial charge in [-0.1, -0.05) is 36.7 Å². The second kappa shape index (κ2) is 8.59. The number of halogens is 1. The molecule has 0 aliphatic heterocycles. The lowest BCUT2D eigenvalue weighted by molar-refractivity contribution is -0.138. The summed E-state index contributed by atoms with van der Waals surface area (Å²) in [5.41, 5.74) is 3.84. The van der Waals surface area contributed by atoms with E-state index in [9.17, 15) is 4.79 Å². The van der Waals surface area contributed by atoms with Gasteiger partial charge >= 0.3 is 0 Å². The van der Waals surface area contributed by atoms with Crippen molar-refractivity contribution in [3.63, 3.8) is 0 Å². The third-order valence-electron chi connectivity index (χ3n) is 4.95. The number of aryl methyl sites for hydroxylation is 2. The van der Waals surface area contributed by atoms with Crippen LogP contribution in [0, 0.1) is 0 Å². The number of ether oxygens (including phenoxy) is 1. The third-order valence-corrected chi connectivity index (χ3v) is 5.21. The molecule has 0 N–H and O–H groups in total. The lowest BCUT2D eigenvalue weighted by Crippen LogP contribution is -2.39. The van der Waals surface area contributed by atoms with Gasteiger partial charge in [-0.15, -0.1) is 0 Å². The molecule has 0 aromatic heterocycles. The zero-order valence-electron chi connectivity index (χ0n) is 15.5. The van der Waals surface area contributed by atoms with Crippen LogP contribution in [0.25, 0.3) is 0 Å². The Labute approximate surface area is 160 Å². The Kier molecular flexibility index (Phi) is 6.20. The molecule has 3 rings (SSSR count). The minimum atomic E-state index is -0.464. The predicted octanol–water partition coefficient (Wildman–Crippen LogP) is 5.03. The first-order valence-corrected chi connectivity index (χ1v) is 9.72. The van der Waals surface area contributed by atoms with Crippen molar-refractivity contribution in [2.45, 2.75) is 51.7 Å². The lowest BCUT2D eigenvalue weighted by Gasteiger charge is -2.25. The number of likely N-dealkylation sites (N-methyl/N-ethyl adjacent to an activating group) is 1. The van der Waals surface area contributed by atoms with Gasteiger partial charge in [-0.05, 0) is 73.1 Å². The maximum atomic E-state index is 12.8. The van der Waals surface area contributed by atoms with E-state index in [0.29, 0.717) is 18.0 Å². The minimum Gasteiger partial charge on any atom is -0.481 e. The first-order chi connectivity index (χ1) is 12.6. The number of carbonyl (C=O) groups excluding carboxylic acids is 1.